The van der Waals surface area contributed by atoms with Crippen molar-refractivity contribution in [1.29, 1.82) is 0 Å². The highest BCUT2D eigenvalue weighted by Crippen LogP contribution is 2.25. The van der Waals surface area contributed by atoms with E-state index in [0.29, 0.717) is 13.1 Å². The molecule has 0 saturated carbocycles. The van der Waals surface area contributed by atoms with Gasteiger partial charge in [0.25, 0.3) is 0 Å². The molecule has 26 heavy (non-hydrogen) atoms. The van der Waals surface area contributed by atoms with E-state index >= 15 is 0 Å². The Balaban J connectivity index is 1.69. The van der Waals surface area contributed by atoms with E-state index in [-0.39, 0.29) is 18.0 Å². The van der Waals surface area contributed by atoms with Gasteiger partial charge in [-0.15, -0.1) is 0 Å². The minimum absolute atomic E-state index is 0.0499. The number of rotatable bonds is 3. The van der Waals surface area contributed by atoms with Crippen LogP contribution in [0.3, 0.4) is 0 Å². The lowest BCUT2D eigenvalue weighted by molar-refractivity contribution is -0.0605. The predicted octanol–water partition coefficient (Wildman–Crippen LogP) is 3.07. The van der Waals surface area contributed by atoms with Gasteiger partial charge in [-0.1, -0.05) is 18.2 Å². The molecule has 5 nitrogen and oxygen atoms in total. The van der Waals surface area contributed by atoms with Crippen LogP contribution in [-0.4, -0.2) is 42.1 Å². The summed E-state index contributed by atoms with van der Waals surface area (Å²) < 4.78 is 19.3. The van der Waals surface area contributed by atoms with Crippen LogP contribution >= 0.6 is 0 Å². The monoisotopic (exact) mass is 356 g/mol. The van der Waals surface area contributed by atoms with Gasteiger partial charge in [-0.2, -0.15) is 0 Å². The third-order valence-corrected chi connectivity index (χ3v) is 4.55. The maximum atomic E-state index is 13.2. The standard InChI is InChI=1S/C20H25FN4O/c1-14-5-4-10-23-18(14)11-24-20(22-3)25-12-15(2)26-19(13-25)16-6-8-17(21)9-7-16/h4-10,15,19H,11-13H2,1-3H3,(H,22,24). The highest BCUT2D eigenvalue weighted by atomic mass is 19.1. The van der Waals surface area contributed by atoms with Crippen LogP contribution in [0.2, 0.25) is 0 Å². The van der Waals surface area contributed by atoms with Crippen LogP contribution in [0.15, 0.2) is 47.6 Å². The third kappa shape index (κ3) is 4.38. The zero-order valence-electron chi connectivity index (χ0n) is 15.4. The average molecular weight is 356 g/mol. The second kappa shape index (κ2) is 8.27. The molecule has 0 bridgehead atoms. The summed E-state index contributed by atoms with van der Waals surface area (Å²) in [4.78, 5) is 11.0. The molecule has 2 heterocycles. The first kappa shape index (κ1) is 18.3. The van der Waals surface area contributed by atoms with Crippen molar-refractivity contribution in [1.82, 2.24) is 15.2 Å². The molecule has 1 aliphatic heterocycles. The molecule has 1 saturated heterocycles. The fourth-order valence-corrected chi connectivity index (χ4v) is 3.18. The van der Waals surface area contributed by atoms with E-state index in [1.807, 2.05) is 26.0 Å². The predicted molar refractivity (Wildman–Crippen MR) is 100 cm³/mol. The Morgan fingerprint density at radius 1 is 1.31 bits per heavy atom. The lowest BCUT2D eigenvalue weighted by atomic mass is 10.1. The normalized spacial score (nSPS) is 20.9. The van der Waals surface area contributed by atoms with Crippen LogP contribution in [0.1, 0.15) is 29.8 Å². The molecule has 1 N–H and O–H groups in total. The topological polar surface area (TPSA) is 49.8 Å². The van der Waals surface area contributed by atoms with Crippen LogP contribution in [0.5, 0.6) is 0 Å². The molecule has 0 spiro atoms. The number of pyridine rings is 1. The second-order valence-electron chi connectivity index (χ2n) is 6.56. The molecule has 3 rings (SSSR count). The molecule has 2 unspecified atom stereocenters. The number of hydrogen-bond acceptors (Lipinski definition) is 3. The summed E-state index contributed by atoms with van der Waals surface area (Å²) >= 11 is 0. The van der Waals surface area contributed by atoms with Crippen molar-refractivity contribution in [3.8, 4) is 0 Å². The summed E-state index contributed by atoms with van der Waals surface area (Å²) in [6, 6.07) is 10.5. The molecule has 138 valence electrons. The number of aromatic nitrogens is 1. The molecule has 0 amide bonds. The van der Waals surface area contributed by atoms with Crippen molar-refractivity contribution in [2.45, 2.75) is 32.6 Å². The van der Waals surface area contributed by atoms with Crippen molar-refractivity contribution < 1.29 is 9.13 Å². The molecule has 0 aliphatic carbocycles. The van der Waals surface area contributed by atoms with Crippen molar-refractivity contribution in [3.63, 3.8) is 0 Å². The first-order valence-electron chi connectivity index (χ1n) is 8.84. The van der Waals surface area contributed by atoms with Crippen molar-refractivity contribution >= 4 is 5.96 Å². The molecule has 0 radical (unpaired) electrons. The van der Waals surface area contributed by atoms with E-state index in [1.54, 1.807) is 25.4 Å². The third-order valence-electron chi connectivity index (χ3n) is 4.55. The zero-order chi connectivity index (χ0) is 18.5. The van der Waals surface area contributed by atoms with Gasteiger partial charge in [0.1, 0.15) is 11.9 Å². The summed E-state index contributed by atoms with van der Waals surface area (Å²) in [5.41, 5.74) is 3.12. The smallest absolute Gasteiger partial charge is 0.194 e. The first-order chi connectivity index (χ1) is 12.6. The Morgan fingerprint density at radius 2 is 2.08 bits per heavy atom. The quantitative estimate of drug-likeness (QED) is 0.678. The van der Waals surface area contributed by atoms with Crippen LogP contribution in [0, 0.1) is 12.7 Å². The minimum atomic E-state index is -0.238. The summed E-state index contributed by atoms with van der Waals surface area (Å²) in [5.74, 6) is 0.579. The molecule has 1 aliphatic rings. The van der Waals surface area contributed by atoms with Crippen LogP contribution < -0.4 is 5.32 Å². The number of aryl methyl sites for hydroxylation is 1. The average Bonchev–Trinajstić information content (AvgIpc) is 2.64. The number of halogens is 1. The maximum absolute atomic E-state index is 13.2. The highest BCUT2D eigenvalue weighted by molar-refractivity contribution is 5.80. The van der Waals surface area contributed by atoms with Gasteiger partial charge in [0.05, 0.1) is 24.9 Å². The number of hydrogen-bond donors (Lipinski definition) is 1. The molecule has 6 heteroatoms. The lowest BCUT2D eigenvalue weighted by Gasteiger charge is -2.38. The molecule has 2 atom stereocenters. The SMILES string of the molecule is CN=C(NCc1ncccc1C)N1CC(C)OC(c2ccc(F)cc2)C1. The molecule has 2 aromatic rings. The largest absolute Gasteiger partial charge is 0.367 e. The number of nitrogens with zero attached hydrogens (tertiary/aromatic N) is 3. The van der Waals surface area contributed by atoms with Gasteiger partial charge in [0.2, 0.25) is 0 Å². The van der Waals surface area contributed by atoms with Crippen LogP contribution in [-0.2, 0) is 11.3 Å². The second-order valence-corrected chi connectivity index (χ2v) is 6.56. The number of guanidine groups is 1. The van der Waals surface area contributed by atoms with E-state index in [1.165, 1.54) is 12.1 Å². The number of aliphatic imine (C=N–C) groups is 1. The van der Waals surface area contributed by atoms with Crippen LogP contribution in [0.25, 0.3) is 0 Å². The maximum Gasteiger partial charge on any atom is 0.194 e. The Hall–Kier alpha value is -2.47. The number of benzene rings is 1. The van der Waals surface area contributed by atoms with Gasteiger partial charge in [-0.25, -0.2) is 4.39 Å². The van der Waals surface area contributed by atoms with Crippen molar-refractivity contribution in [2.24, 2.45) is 4.99 Å². The van der Waals surface area contributed by atoms with Crippen molar-refractivity contribution in [2.75, 3.05) is 20.1 Å². The van der Waals surface area contributed by atoms with Crippen molar-refractivity contribution in [3.05, 3.63) is 65.2 Å². The molecule has 1 aromatic heterocycles. The Kier molecular flexibility index (Phi) is 5.83. The zero-order valence-corrected chi connectivity index (χ0v) is 15.4. The summed E-state index contributed by atoms with van der Waals surface area (Å²) in [5, 5.41) is 3.40. The molecule has 1 aromatic carbocycles. The van der Waals surface area contributed by atoms with E-state index in [2.05, 4.69) is 20.2 Å². The van der Waals surface area contributed by atoms with E-state index in [0.717, 1.165) is 29.3 Å². The van der Waals surface area contributed by atoms with Gasteiger partial charge >= 0.3 is 0 Å². The first-order valence-corrected chi connectivity index (χ1v) is 8.84. The van der Waals surface area contributed by atoms with E-state index in [9.17, 15) is 4.39 Å². The van der Waals surface area contributed by atoms with Gasteiger partial charge in [0.15, 0.2) is 5.96 Å². The summed E-state index contributed by atoms with van der Waals surface area (Å²) in [6.45, 7) is 6.12. The fraction of sp³-hybridized carbons (Fsp3) is 0.400. The lowest BCUT2D eigenvalue weighted by Crippen LogP contribution is -2.50. The van der Waals surface area contributed by atoms with E-state index in [4.69, 9.17) is 4.74 Å². The van der Waals surface area contributed by atoms with Gasteiger partial charge in [-0.05, 0) is 43.2 Å². The number of ether oxygens (including phenoxy) is 1. The summed E-state index contributed by atoms with van der Waals surface area (Å²) in [7, 11) is 1.78. The minimum Gasteiger partial charge on any atom is -0.367 e. The number of morpholine rings is 1. The summed E-state index contributed by atoms with van der Waals surface area (Å²) in [6.07, 6.45) is 1.73. The Labute approximate surface area is 153 Å². The van der Waals surface area contributed by atoms with Gasteiger partial charge < -0.3 is 15.0 Å². The molecule has 1 fully saturated rings. The van der Waals surface area contributed by atoms with Gasteiger partial charge in [-0.3, -0.25) is 9.98 Å². The Morgan fingerprint density at radius 3 is 2.77 bits per heavy atom. The van der Waals surface area contributed by atoms with E-state index < -0.39 is 0 Å². The highest BCUT2D eigenvalue weighted by Gasteiger charge is 2.28. The van der Waals surface area contributed by atoms with Gasteiger partial charge in [0, 0.05) is 19.8 Å². The van der Waals surface area contributed by atoms with Crippen LogP contribution in [0.4, 0.5) is 4.39 Å². The number of nitrogens with one attached hydrogen (secondary N) is 1. The Bertz CT molecular complexity index is 763. The molecular weight excluding hydrogens is 331 g/mol. The molecular formula is C20H25FN4O. The fourth-order valence-electron chi connectivity index (χ4n) is 3.18.